The molecule has 1 aromatic rings. The quantitative estimate of drug-likeness (QED) is 0.905. The molecule has 0 bridgehead atoms. The Morgan fingerprint density at radius 2 is 2.21 bits per heavy atom. The first-order valence-electron chi connectivity index (χ1n) is 6.34. The van der Waals surface area contributed by atoms with E-state index < -0.39 is 5.82 Å². The lowest BCUT2D eigenvalue weighted by molar-refractivity contribution is 0.0693. The Morgan fingerprint density at radius 3 is 2.84 bits per heavy atom. The molecule has 0 saturated carbocycles. The van der Waals surface area contributed by atoms with E-state index >= 15 is 0 Å². The second kappa shape index (κ2) is 6.87. The molecule has 19 heavy (non-hydrogen) atoms. The third kappa shape index (κ3) is 3.67. The molecule has 1 saturated heterocycles. The van der Waals surface area contributed by atoms with Gasteiger partial charge in [-0.3, -0.25) is 4.79 Å². The number of amides is 1. The van der Waals surface area contributed by atoms with E-state index in [0.717, 1.165) is 18.4 Å². The van der Waals surface area contributed by atoms with Crippen LogP contribution in [0.15, 0.2) is 18.2 Å². The topological polar surface area (TPSA) is 32.3 Å². The Labute approximate surface area is 119 Å². The van der Waals surface area contributed by atoms with E-state index in [1.54, 1.807) is 17.0 Å². The summed E-state index contributed by atoms with van der Waals surface area (Å²) in [7, 11) is 1.89. The minimum absolute atomic E-state index is 0. The average Bonchev–Trinajstić information content (AvgIpc) is 2.38. The Bertz CT molecular complexity index is 453. The van der Waals surface area contributed by atoms with Crippen LogP contribution in [-0.4, -0.2) is 37.0 Å². The number of benzene rings is 1. The van der Waals surface area contributed by atoms with Crippen molar-refractivity contribution in [1.29, 1.82) is 0 Å². The molecule has 1 heterocycles. The van der Waals surface area contributed by atoms with Crippen molar-refractivity contribution < 1.29 is 9.18 Å². The number of nitrogens with zero attached hydrogens (tertiary/aromatic N) is 1. The molecule has 0 spiro atoms. The van der Waals surface area contributed by atoms with Crippen LogP contribution in [0.2, 0.25) is 0 Å². The number of halogens is 2. The zero-order valence-electron chi connectivity index (χ0n) is 11.3. The van der Waals surface area contributed by atoms with E-state index in [1.165, 1.54) is 6.07 Å². The van der Waals surface area contributed by atoms with Gasteiger partial charge in [0.15, 0.2) is 0 Å². The lowest BCUT2D eigenvalue weighted by atomic mass is 10.0. The van der Waals surface area contributed by atoms with Crippen LogP contribution < -0.4 is 5.32 Å². The Kier molecular flexibility index (Phi) is 5.76. The number of rotatable bonds is 2. The molecule has 1 unspecified atom stereocenters. The van der Waals surface area contributed by atoms with Crippen LogP contribution >= 0.6 is 12.4 Å². The van der Waals surface area contributed by atoms with E-state index in [1.807, 2.05) is 14.0 Å². The van der Waals surface area contributed by atoms with Crippen molar-refractivity contribution in [3.8, 4) is 0 Å². The van der Waals surface area contributed by atoms with Gasteiger partial charge in [0.05, 0.1) is 5.56 Å². The Balaban J connectivity index is 0.00000180. The first-order chi connectivity index (χ1) is 8.61. The van der Waals surface area contributed by atoms with Gasteiger partial charge in [-0.05, 0) is 44.5 Å². The van der Waals surface area contributed by atoms with Crippen molar-refractivity contribution in [3.63, 3.8) is 0 Å². The molecule has 5 heteroatoms. The lowest BCUT2D eigenvalue weighted by Crippen LogP contribution is -2.47. The highest BCUT2D eigenvalue weighted by Crippen LogP contribution is 2.16. The van der Waals surface area contributed by atoms with Gasteiger partial charge in [-0.1, -0.05) is 6.07 Å². The predicted molar refractivity (Wildman–Crippen MR) is 76.4 cm³/mol. The summed E-state index contributed by atoms with van der Waals surface area (Å²) in [4.78, 5) is 14.0. The molecule has 1 aliphatic heterocycles. The van der Waals surface area contributed by atoms with E-state index in [9.17, 15) is 9.18 Å². The highest BCUT2D eigenvalue weighted by Gasteiger charge is 2.25. The highest BCUT2D eigenvalue weighted by molar-refractivity contribution is 5.94. The first-order valence-corrected chi connectivity index (χ1v) is 6.34. The largest absolute Gasteiger partial charge is 0.337 e. The summed E-state index contributed by atoms with van der Waals surface area (Å²) >= 11 is 0. The standard InChI is InChI=1S/C14H19FN2O.ClH/c1-10-5-6-12(13(15)8-10)14(18)17-7-3-4-11(9-17)16-2;/h5-6,8,11,16H,3-4,7,9H2,1-2H3;1H. The molecule has 0 aromatic heterocycles. The molecular formula is C14H20ClFN2O. The average molecular weight is 287 g/mol. The van der Waals surface area contributed by atoms with Crippen LogP contribution in [0.4, 0.5) is 4.39 Å². The van der Waals surface area contributed by atoms with Gasteiger partial charge in [-0.15, -0.1) is 12.4 Å². The molecule has 0 aliphatic carbocycles. The van der Waals surface area contributed by atoms with Gasteiger partial charge < -0.3 is 10.2 Å². The van der Waals surface area contributed by atoms with Crippen molar-refractivity contribution in [2.75, 3.05) is 20.1 Å². The summed E-state index contributed by atoms with van der Waals surface area (Å²) < 4.78 is 13.8. The Morgan fingerprint density at radius 1 is 1.47 bits per heavy atom. The molecule has 1 aromatic carbocycles. The van der Waals surface area contributed by atoms with Gasteiger partial charge in [0.2, 0.25) is 0 Å². The number of hydrogen-bond acceptors (Lipinski definition) is 2. The normalized spacial score (nSPS) is 18.9. The maximum Gasteiger partial charge on any atom is 0.256 e. The van der Waals surface area contributed by atoms with Crippen LogP contribution in [0.3, 0.4) is 0 Å². The zero-order chi connectivity index (χ0) is 13.1. The molecule has 1 aliphatic rings. The number of likely N-dealkylation sites (N-methyl/N-ethyl adjacent to an activating group) is 1. The Hall–Kier alpha value is -1.13. The van der Waals surface area contributed by atoms with Crippen molar-refractivity contribution in [3.05, 3.63) is 35.1 Å². The third-order valence-corrected chi connectivity index (χ3v) is 3.47. The number of aryl methyl sites for hydroxylation is 1. The molecule has 106 valence electrons. The van der Waals surface area contributed by atoms with Crippen molar-refractivity contribution >= 4 is 18.3 Å². The van der Waals surface area contributed by atoms with Gasteiger partial charge in [0.25, 0.3) is 5.91 Å². The van der Waals surface area contributed by atoms with Crippen LogP contribution in [0.25, 0.3) is 0 Å². The molecule has 0 radical (unpaired) electrons. The van der Waals surface area contributed by atoms with Gasteiger partial charge in [-0.2, -0.15) is 0 Å². The molecule has 1 amide bonds. The molecule has 2 rings (SSSR count). The second-order valence-electron chi connectivity index (χ2n) is 4.86. The fourth-order valence-corrected chi connectivity index (χ4v) is 2.36. The summed E-state index contributed by atoms with van der Waals surface area (Å²) in [5.74, 6) is -0.626. The van der Waals surface area contributed by atoms with Crippen molar-refractivity contribution in [1.82, 2.24) is 10.2 Å². The van der Waals surface area contributed by atoms with Crippen LogP contribution in [-0.2, 0) is 0 Å². The maximum absolute atomic E-state index is 13.8. The van der Waals surface area contributed by atoms with Gasteiger partial charge >= 0.3 is 0 Å². The first kappa shape index (κ1) is 15.9. The number of nitrogens with one attached hydrogen (secondary N) is 1. The summed E-state index contributed by atoms with van der Waals surface area (Å²) in [6.07, 6.45) is 2.03. The van der Waals surface area contributed by atoms with Gasteiger partial charge in [0, 0.05) is 19.1 Å². The van der Waals surface area contributed by atoms with Gasteiger partial charge in [0.1, 0.15) is 5.82 Å². The van der Waals surface area contributed by atoms with Crippen LogP contribution in [0.1, 0.15) is 28.8 Å². The number of carbonyl (C=O) groups excluding carboxylic acids is 1. The van der Waals surface area contributed by atoms with E-state index in [2.05, 4.69) is 5.32 Å². The van der Waals surface area contributed by atoms with E-state index in [4.69, 9.17) is 0 Å². The highest BCUT2D eigenvalue weighted by atomic mass is 35.5. The van der Waals surface area contributed by atoms with Crippen molar-refractivity contribution in [2.24, 2.45) is 0 Å². The predicted octanol–water partition coefficient (Wildman–Crippen LogP) is 2.38. The zero-order valence-corrected chi connectivity index (χ0v) is 12.1. The molecule has 3 nitrogen and oxygen atoms in total. The molecule has 1 atom stereocenters. The number of likely N-dealkylation sites (tertiary alicyclic amines) is 1. The second-order valence-corrected chi connectivity index (χ2v) is 4.86. The number of carbonyl (C=O) groups is 1. The van der Waals surface area contributed by atoms with Crippen LogP contribution in [0, 0.1) is 12.7 Å². The fourth-order valence-electron chi connectivity index (χ4n) is 2.36. The smallest absolute Gasteiger partial charge is 0.256 e. The molecular weight excluding hydrogens is 267 g/mol. The summed E-state index contributed by atoms with van der Waals surface area (Å²) in [5, 5.41) is 3.18. The minimum atomic E-state index is -0.424. The minimum Gasteiger partial charge on any atom is -0.337 e. The SMILES string of the molecule is CNC1CCCN(C(=O)c2ccc(C)cc2F)C1.Cl. The van der Waals surface area contributed by atoms with E-state index in [0.29, 0.717) is 19.1 Å². The monoisotopic (exact) mass is 286 g/mol. The third-order valence-electron chi connectivity index (χ3n) is 3.47. The summed E-state index contributed by atoms with van der Waals surface area (Å²) in [6.45, 7) is 3.18. The summed E-state index contributed by atoms with van der Waals surface area (Å²) in [5.41, 5.74) is 1.01. The van der Waals surface area contributed by atoms with Crippen LogP contribution in [0.5, 0.6) is 0 Å². The van der Waals surface area contributed by atoms with E-state index in [-0.39, 0.29) is 23.9 Å². The van der Waals surface area contributed by atoms with Gasteiger partial charge in [-0.25, -0.2) is 4.39 Å². The maximum atomic E-state index is 13.8. The fraction of sp³-hybridized carbons (Fsp3) is 0.500. The number of piperidine rings is 1. The summed E-state index contributed by atoms with van der Waals surface area (Å²) in [6, 6.07) is 5.08. The number of hydrogen-bond donors (Lipinski definition) is 1. The lowest BCUT2D eigenvalue weighted by Gasteiger charge is -2.32. The van der Waals surface area contributed by atoms with Crippen molar-refractivity contribution in [2.45, 2.75) is 25.8 Å². The molecule has 1 N–H and O–H groups in total. The molecule has 1 fully saturated rings.